The highest BCUT2D eigenvalue weighted by Gasteiger charge is 2.30. The number of hydrogen-bond donors (Lipinski definition) is 2. The summed E-state index contributed by atoms with van der Waals surface area (Å²) < 4.78 is 32.8. The van der Waals surface area contributed by atoms with Gasteiger partial charge in [0, 0.05) is 64.0 Å². The molecule has 206 valence electrons. The van der Waals surface area contributed by atoms with Gasteiger partial charge in [0.1, 0.15) is 0 Å². The maximum absolute atomic E-state index is 13.1. The Morgan fingerprint density at radius 2 is 1.58 bits per heavy atom. The maximum Gasteiger partial charge on any atom is 0.270 e. The predicted octanol–water partition coefficient (Wildman–Crippen LogP) is 2.72. The molecule has 0 radical (unpaired) electrons. The molecule has 0 atom stereocenters. The average molecular weight is 543 g/mol. The van der Waals surface area contributed by atoms with E-state index in [4.69, 9.17) is 9.94 Å². The lowest BCUT2D eigenvalue weighted by Crippen LogP contribution is -2.56. The van der Waals surface area contributed by atoms with Gasteiger partial charge in [-0.2, -0.15) is 4.31 Å². The van der Waals surface area contributed by atoms with Gasteiger partial charge in [-0.3, -0.25) is 19.8 Å². The summed E-state index contributed by atoms with van der Waals surface area (Å²) in [7, 11) is -1.92. The molecule has 0 spiro atoms. The lowest BCUT2D eigenvalue weighted by atomic mass is 10.0. The Morgan fingerprint density at radius 1 is 0.974 bits per heavy atom. The minimum Gasteiger partial charge on any atom is -0.383 e. The molecule has 2 aliphatic heterocycles. The number of rotatable bonds is 9. The third-order valence-electron chi connectivity index (χ3n) is 7.48. The zero-order chi connectivity index (χ0) is 27.3. The SMILES string of the molecule is COCC(C)(C)N1CCN(Cc2ccc(-c3ccc(S(=O)(=O)N4CC=C(C(=O)NO)CC4)cc3)cc2)CC1. The van der Waals surface area contributed by atoms with Crippen molar-refractivity contribution in [2.24, 2.45) is 0 Å². The number of ether oxygens (including phenoxy) is 1. The van der Waals surface area contributed by atoms with Crippen molar-refractivity contribution in [3.05, 3.63) is 65.7 Å². The third kappa shape index (κ3) is 6.51. The molecule has 38 heavy (non-hydrogen) atoms. The fraction of sp³-hybridized carbons (Fsp3) is 0.464. The Morgan fingerprint density at radius 3 is 2.11 bits per heavy atom. The largest absolute Gasteiger partial charge is 0.383 e. The number of methoxy groups -OCH3 is 1. The van der Waals surface area contributed by atoms with Gasteiger partial charge in [-0.1, -0.05) is 42.5 Å². The van der Waals surface area contributed by atoms with Crippen molar-refractivity contribution in [2.45, 2.75) is 37.2 Å². The summed E-state index contributed by atoms with van der Waals surface area (Å²) >= 11 is 0. The Balaban J connectivity index is 1.34. The van der Waals surface area contributed by atoms with Crippen molar-refractivity contribution in [2.75, 3.05) is 53.0 Å². The smallest absolute Gasteiger partial charge is 0.270 e. The van der Waals surface area contributed by atoms with Crippen LogP contribution >= 0.6 is 0 Å². The topological polar surface area (TPSA) is 102 Å². The van der Waals surface area contributed by atoms with Crippen molar-refractivity contribution in [1.29, 1.82) is 0 Å². The summed E-state index contributed by atoms with van der Waals surface area (Å²) in [5, 5.41) is 8.77. The highest BCUT2D eigenvalue weighted by molar-refractivity contribution is 7.89. The monoisotopic (exact) mass is 542 g/mol. The van der Waals surface area contributed by atoms with E-state index in [0.29, 0.717) is 5.57 Å². The van der Waals surface area contributed by atoms with E-state index >= 15 is 0 Å². The molecule has 2 heterocycles. The summed E-state index contributed by atoms with van der Waals surface area (Å²) in [4.78, 5) is 16.7. The van der Waals surface area contributed by atoms with Gasteiger partial charge in [-0.05, 0) is 49.1 Å². The van der Waals surface area contributed by atoms with Gasteiger partial charge in [0.05, 0.1) is 11.5 Å². The van der Waals surface area contributed by atoms with Crippen LogP contribution in [0.4, 0.5) is 0 Å². The second-order valence-electron chi connectivity index (χ2n) is 10.5. The molecule has 2 aromatic rings. The fourth-order valence-corrected chi connectivity index (χ4v) is 6.51. The maximum atomic E-state index is 13.1. The summed E-state index contributed by atoms with van der Waals surface area (Å²) in [6, 6.07) is 15.4. The standard InChI is InChI=1S/C28H38N4O5S/c1-28(2,21-37-3)31-18-16-30(17-19-31)20-22-4-6-23(7-5-22)24-8-10-26(11-9-24)38(35,36)32-14-12-25(13-15-32)27(33)29-34/h4-12,34H,13-21H2,1-3H3,(H,29,33). The average Bonchev–Trinajstić information content (AvgIpc) is 2.93. The molecule has 1 amide bonds. The van der Waals surface area contributed by atoms with Crippen LogP contribution in [0.1, 0.15) is 25.8 Å². The molecule has 4 rings (SSSR count). The molecule has 1 fully saturated rings. The van der Waals surface area contributed by atoms with E-state index < -0.39 is 15.9 Å². The van der Waals surface area contributed by atoms with Gasteiger partial charge >= 0.3 is 0 Å². The van der Waals surface area contributed by atoms with E-state index in [9.17, 15) is 13.2 Å². The molecule has 2 aliphatic rings. The molecule has 0 unspecified atom stereocenters. The number of nitrogens with zero attached hydrogens (tertiary/aromatic N) is 3. The van der Waals surface area contributed by atoms with Gasteiger partial charge in [0.15, 0.2) is 0 Å². The first-order chi connectivity index (χ1) is 18.1. The van der Waals surface area contributed by atoms with Crippen molar-refractivity contribution in [3.63, 3.8) is 0 Å². The van der Waals surface area contributed by atoms with E-state index in [1.165, 1.54) is 15.9 Å². The molecule has 2 aromatic carbocycles. The number of benzene rings is 2. The number of hydrogen-bond acceptors (Lipinski definition) is 7. The van der Waals surface area contributed by atoms with E-state index in [0.717, 1.165) is 50.5 Å². The van der Waals surface area contributed by atoms with Crippen molar-refractivity contribution < 1.29 is 23.2 Å². The van der Waals surface area contributed by atoms with E-state index in [1.807, 2.05) is 12.1 Å². The Kier molecular flexibility index (Phi) is 9.02. The summed E-state index contributed by atoms with van der Waals surface area (Å²) in [5.41, 5.74) is 5.25. The van der Waals surface area contributed by atoms with Crippen LogP contribution in [0.3, 0.4) is 0 Å². The first-order valence-corrected chi connectivity index (χ1v) is 14.4. The normalized spacial score (nSPS) is 18.3. The summed E-state index contributed by atoms with van der Waals surface area (Å²) in [6.07, 6.45) is 1.78. The number of nitrogens with one attached hydrogen (secondary N) is 1. The zero-order valence-electron chi connectivity index (χ0n) is 22.4. The Labute approximate surface area is 225 Å². The van der Waals surface area contributed by atoms with Crippen LogP contribution in [-0.2, 0) is 26.1 Å². The molecule has 0 aliphatic carbocycles. The number of carbonyl (C=O) groups is 1. The van der Waals surface area contributed by atoms with Crippen molar-refractivity contribution in [3.8, 4) is 11.1 Å². The van der Waals surface area contributed by atoms with E-state index in [1.54, 1.807) is 24.7 Å². The van der Waals surface area contributed by atoms with Crippen molar-refractivity contribution >= 4 is 15.9 Å². The number of amides is 1. The van der Waals surface area contributed by atoms with Gasteiger partial charge < -0.3 is 4.74 Å². The lowest BCUT2D eigenvalue weighted by Gasteiger charge is -2.43. The molecule has 10 heteroatoms. The third-order valence-corrected chi connectivity index (χ3v) is 9.36. The molecular formula is C28H38N4O5S. The molecule has 0 saturated carbocycles. The zero-order valence-corrected chi connectivity index (χ0v) is 23.2. The van der Waals surface area contributed by atoms with Crippen LogP contribution in [-0.4, -0.2) is 92.2 Å². The molecule has 1 saturated heterocycles. The first kappa shape index (κ1) is 28.4. The minimum atomic E-state index is -3.68. The minimum absolute atomic E-state index is 0.0458. The number of hydroxylamine groups is 1. The summed E-state index contributed by atoms with van der Waals surface area (Å²) in [6.45, 7) is 10.5. The van der Waals surface area contributed by atoms with Crippen LogP contribution in [0.2, 0.25) is 0 Å². The second-order valence-corrected chi connectivity index (χ2v) is 12.5. The number of sulfonamides is 1. The van der Waals surface area contributed by atoms with Crippen LogP contribution in [0.5, 0.6) is 0 Å². The molecular weight excluding hydrogens is 504 g/mol. The number of carbonyl (C=O) groups excluding carboxylic acids is 1. The number of piperazine rings is 1. The van der Waals surface area contributed by atoms with Crippen LogP contribution in [0, 0.1) is 0 Å². The Bertz CT molecular complexity index is 1240. The highest BCUT2D eigenvalue weighted by atomic mass is 32.2. The molecule has 9 nitrogen and oxygen atoms in total. The van der Waals surface area contributed by atoms with Crippen LogP contribution in [0.25, 0.3) is 11.1 Å². The first-order valence-electron chi connectivity index (χ1n) is 12.9. The fourth-order valence-electron chi connectivity index (χ4n) is 5.13. The quantitative estimate of drug-likeness (QED) is 0.371. The summed E-state index contributed by atoms with van der Waals surface area (Å²) in [5.74, 6) is -0.595. The highest BCUT2D eigenvalue weighted by Crippen LogP contribution is 2.26. The predicted molar refractivity (Wildman–Crippen MR) is 146 cm³/mol. The molecule has 0 bridgehead atoms. The van der Waals surface area contributed by atoms with E-state index in [2.05, 4.69) is 47.9 Å². The van der Waals surface area contributed by atoms with Crippen molar-refractivity contribution in [1.82, 2.24) is 19.6 Å². The van der Waals surface area contributed by atoms with Gasteiger partial charge in [0.25, 0.3) is 5.91 Å². The lowest BCUT2D eigenvalue weighted by molar-refractivity contribution is -0.125. The van der Waals surface area contributed by atoms with Gasteiger partial charge in [0.2, 0.25) is 10.0 Å². The van der Waals surface area contributed by atoms with Gasteiger partial charge in [-0.15, -0.1) is 0 Å². The Hall–Kier alpha value is -2.60. The molecule has 2 N–H and O–H groups in total. The van der Waals surface area contributed by atoms with Crippen LogP contribution < -0.4 is 5.48 Å². The van der Waals surface area contributed by atoms with Crippen LogP contribution in [0.15, 0.2) is 65.1 Å². The van der Waals surface area contributed by atoms with E-state index in [-0.39, 0.29) is 29.9 Å². The molecule has 0 aromatic heterocycles. The second kappa shape index (κ2) is 12.1. The van der Waals surface area contributed by atoms with Gasteiger partial charge in [-0.25, -0.2) is 13.9 Å².